The molecule has 1 aromatic rings. The molecule has 0 aliphatic rings. The van der Waals surface area contributed by atoms with E-state index < -0.39 is 0 Å². The summed E-state index contributed by atoms with van der Waals surface area (Å²) in [5.74, 6) is 0. The molecule has 1 aromatic heterocycles. The van der Waals surface area contributed by atoms with E-state index >= 15 is 0 Å². The van der Waals surface area contributed by atoms with Crippen molar-refractivity contribution in [2.75, 3.05) is 0 Å². The van der Waals surface area contributed by atoms with Crippen LogP contribution in [0.3, 0.4) is 0 Å². The fourth-order valence-electron chi connectivity index (χ4n) is 0.474. The van der Waals surface area contributed by atoms with Crippen molar-refractivity contribution in [3.8, 4) is 0 Å². The predicted molar refractivity (Wildman–Crippen MR) is 31.9 cm³/mol. The van der Waals surface area contributed by atoms with Crippen LogP contribution < -0.4 is 5.56 Å². The van der Waals surface area contributed by atoms with E-state index in [1.54, 1.807) is 6.29 Å². The van der Waals surface area contributed by atoms with Crippen LogP contribution in [-0.4, -0.2) is 11.3 Å². The molecule has 10 heavy (non-hydrogen) atoms. The summed E-state index contributed by atoms with van der Waals surface area (Å²) in [5, 5.41) is 0. The molecule has 1 N–H and O–H groups in total. The molecular weight excluding hydrogens is 207 g/mol. The van der Waals surface area contributed by atoms with Gasteiger partial charge in [-0.1, -0.05) is 12.3 Å². The maximum atomic E-state index is 10.4. The fourth-order valence-corrected chi connectivity index (χ4v) is 0.474. The molecule has 3 nitrogen and oxygen atoms in total. The molecule has 4 heteroatoms. The van der Waals surface area contributed by atoms with Crippen LogP contribution in [-0.2, 0) is 37.5 Å². The van der Waals surface area contributed by atoms with E-state index in [9.17, 15) is 9.59 Å². The predicted octanol–water partition coefficient (Wildman–Crippen LogP) is -0.170. The van der Waals surface area contributed by atoms with E-state index in [0.717, 1.165) is 0 Å². The second-order valence-electron chi connectivity index (χ2n) is 1.54. The molecular formula is C6H4NO2Y-. The minimum atomic E-state index is -0.214. The minimum absolute atomic E-state index is 0. The summed E-state index contributed by atoms with van der Waals surface area (Å²) in [7, 11) is 0. The van der Waals surface area contributed by atoms with Crippen LogP contribution in [0.1, 0.15) is 5.56 Å². The van der Waals surface area contributed by atoms with Crippen molar-refractivity contribution in [1.82, 2.24) is 4.98 Å². The molecule has 0 fully saturated rings. The number of aromatic amines is 1. The average Bonchev–Trinajstić information content (AvgIpc) is 1.90. The first-order valence-corrected chi connectivity index (χ1v) is 2.40. The number of hydrogen-bond donors (Lipinski definition) is 1. The zero-order valence-electron chi connectivity index (χ0n) is 5.13. The third kappa shape index (κ3) is 2.54. The van der Waals surface area contributed by atoms with Crippen LogP contribution >= 0.6 is 0 Å². The molecule has 0 saturated heterocycles. The van der Waals surface area contributed by atoms with Gasteiger partial charge in [0, 0.05) is 32.7 Å². The fraction of sp³-hybridized carbons (Fsp3) is 0. The first kappa shape index (κ1) is 9.72. The van der Waals surface area contributed by atoms with Gasteiger partial charge in [-0.05, 0) is 0 Å². The Kier molecular flexibility index (Phi) is 4.40. The summed E-state index contributed by atoms with van der Waals surface area (Å²) in [4.78, 5) is 22.6. The van der Waals surface area contributed by atoms with Crippen molar-refractivity contribution in [3.05, 3.63) is 34.2 Å². The Bertz CT molecular complexity index is 248. The van der Waals surface area contributed by atoms with Gasteiger partial charge in [0.05, 0.1) is 6.29 Å². The number of H-pyrrole nitrogens is 1. The van der Waals surface area contributed by atoms with Gasteiger partial charge in [-0.25, -0.2) is 0 Å². The average molecular weight is 211 g/mol. The van der Waals surface area contributed by atoms with Crippen molar-refractivity contribution in [3.63, 3.8) is 0 Å². The first-order valence-electron chi connectivity index (χ1n) is 2.40. The number of aromatic nitrogens is 1. The van der Waals surface area contributed by atoms with Crippen molar-refractivity contribution in [1.29, 1.82) is 0 Å². The van der Waals surface area contributed by atoms with Gasteiger partial charge in [0.15, 0.2) is 0 Å². The van der Waals surface area contributed by atoms with Crippen LogP contribution in [0.5, 0.6) is 0 Å². The normalized spacial score (nSPS) is 8.00. The molecule has 0 saturated carbocycles. The second kappa shape index (κ2) is 4.53. The SMILES string of the molecule is O=[C-]c1ccc(=O)[nH]c1.[Y]. The van der Waals surface area contributed by atoms with E-state index in [0.29, 0.717) is 5.56 Å². The van der Waals surface area contributed by atoms with Crippen LogP contribution in [0.4, 0.5) is 0 Å². The van der Waals surface area contributed by atoms with Crippen LogP contribution in [0.2, 0.25) is 0 Å². The maximum Gasteiger partial charge on any atom is 0.224 e. The topological polar surface area (TPSA) is 49.9 Å². The van der Waals surface area contributed by atoms with E-state index in [1.165, 1.54) is 18.3 Å². The third-order valence-corrected chi connectivity index (χ3v) is 0.902. The van der Waals surface area contributed by atoms with Crippen molar-refractivity contribution in [2.24, 2.45) is 0 Å². The van der Waals surface area contributed by atoms with Gasteiger partial charge in [-0.3, -0.25) is 4.79 Å². The van der Waals surface area contributed by atoms with Crippen LogP contribution in [0, 0.1) is 0 Å². The van der Waals surface area contributed by atoms with Gasteiger partial charge in [-0.15, -0.1) is 5.56 Å². The quantitative estimate of drug-likeness (QED) is 0.655. The number of nitrogens with one attached hydrogen (secondary N) is 1. The zero-order chi connectivity index (χ0) is 6.69. The summed E-state index contributed by atoms with van der Waals surface area (Å²) in [6.45, 7) is 0. The van der Waals surface area contributed by atoms with Gasteiger partial charge in [0.25, 0.3) is 0 Å². The molecule has 0 aliphatic carbocycles. The molecule has 0 unspecified atom stereocenters. The van der Waals surface area contributed by atoms with E-state index in [-0.39, 0.29) is 38.3 Å². The number of pyridine rings is 1. The van der Waals surface area contributed by atoms with E-state index in [2.05, 4.69) is 4.98 Å². The van der Waals surface area contributed by atoms with Gasteiger partial charge in [-0.2, -0.15) is 6.07 Å². The minimum Gasteiger partial charge on any atom is -0.383 e. The summed E-state index contributed by atoms with van der Waals surface area (Å²) in [6, 6.07) is 2.69. The molecule has 0 aliphatic heterocycles. The molecule has 1 heterocycles. The number of hydrogen-bond acceptors (Lipinski definition) is 2. The summed E-state index contributed by atoms with van der Waals surface area (Å²) >= 11 is 0. The maximum absolute atomic E-state index is 10.4. The van der Waals surface area contributed by atoms with E-state index in [4.69, 9.17) is 0 Å². The molecule has 0 spiro atoms. The molecule has 1 radical (unpaired) electrons. The molecule has 0 atom stereocenters. The Morgan fingerprint density at radius 1 is 1.40 bits per heavy atom. The van der Waals surface area contributed by atoms with Gasteiger partial charge >= 0.3 is 0 Å². The van der Waals surface area contributed by atoms with Crippen molar-refractivity contribution in [2.45, 2.75) is 0 Å². The summed E-state index contributed by atoms with van der Waals surface area (Å²) in [6.07, 6.45) is 2.95. The molecule has 1 rings (SSSR count). The van der Waals surface area contributed by atoms with Gasteiger partial charge < -0.3 is 9.78 Å². The largest absolute Gasteiger partial charge is 0.383 e. The van der Waals surface area contributed by atoms with E-state index in [1.807, 2.05) is 0 Å². The standard InChI is InChI=1S/C6H4NO2.Y/c8-4-5-1-2-6(9)7-3-5;/h1-3H,(H,7,9);/q-1;. The van der Waals surface area contributed by atoms with Crippen molar-refractivity contribution >= 4 is 6.29 Å². The number of rotatable bonds is 1. The zero-order valence-corrected chi connectivity index (χ0v) is 7.96. The molecule has 0 bridgehead atoms. The smallest absolute Gasteiger partial charge is 0.224 e. The Hall–Kier alpha value is -0.276. The Labute approximate surface area is 82.7 Å². The van der Waals surface area contributed by atoms with Crippen LogP contribution in [0.25, 0.3) is 0 Å². The van der Waals surface area contributed by atoms with Gasteiger partial charge in [0.1, 0.15) is 0 Å². The molecule has 0 amide bonds. The van der Waals surface area contributed by atoms with Crippen LogP contribution in [0.15, 0.2) is 23.1 Å². The Morgan fingerprint density at radius 2 is 2.10 bits per heavy atom. The molecule has 49 valence electrons. The first-order chi connectivity index (χ1) is 4.33. The van der Waals surface area contributed by atoms with Crippen molar-refractivity contribution < 1.29 is 37.5 Å². The van der Waals surface area contributed by atoms with Gasteiger partial charge in [0.2, 0.25) is 5.56 Å². The summed E-state index contributed by atoms with van der Waals surface area (Å²) < 4.78 is 0. The molecule has 0 aromatic carbocycles. The third-order valence-electron chi connectivity index (χ3n) is 0.902. The Morgan fingerprint density at radius 3 is 2.50 bits per heavy atom. The second-order valence-corrected chi connectivity index (χ2v) is 1.54. The summed E-state index contributed by atoms with van der Waals surface area (Å²) in [5.41, 5.74) is 0.142. The Balaban J connectivity index is 0.000000810. The number of carbonyl (C=O) groups excluding carboxylic acids is 1. The monoisotopic (exact) mass is 211 g/mol.